The topological polar surface area (TPSA) is 56.6 Å². The molecule has 6 nitrogen and oxygen atoms in total. The highest BCUT2D eigenvalue weighted by Gasteiger charge is 2.31. The summed E-state index contributed by atoms with van der Waals surface area (Å²) in [5.41, 5.74) is 3.05. The molecule has 1 aromatic heterocycles. The zero-order valence-electron chi connectivity index (χ0n) is 20.4. The highest BCUT2D eigenvalue weighted by Crippen LogP contribution is 2.38. The molecule has 0 bridgehead atoms. The van der Waals surface area contributed by atoms with Gasteiger partial charge in [0.25, 0.3) is 5.91 Å². The van der Waals surface area contributed by atoms with Crippen molar-refractivity contribution in [1.29, 1.82) is 0 Å². The molecule has 184 valence electrons. The van der Waals surface area contributed by atoms with Crippen LogP contribution in [0.3, 0.4) is 0 Å². The lowest BCUT2D eigenvalue weighted by molar-refractivity contribution is 0.0734. The Balaban J connectivity index is 1.58. The summed E-state index contributed by atoms with van der Waals surface area (Å²) in [6, 6.07) is 24.6. The van der Waals surface area contributed by atoms with Crippen LogP contribution in [0.5, 0.6) is 17.4 Å². The Hall–Kier alpha value is -3.77. The smallest absolute Gasteiger partial charge is 0.255 e. The molecular formula is C29H28ClN3O3. The molecule has 1 fully saturated rings. The van der Waals surface area contributed by atoms with E-state index < -0.39 is 0 Å². The first-order valence-electron chi connectivity index (χ1n) is 12.0. The number of carbonyl (C=O) groups is 1. The molecule has 1 aliphatic carbocycles. The minimum absolute atomic E-state index is 0.0985. The fraction of sp³-hybridized carbons (Fsp3) is 0.241. The van der Waals surface area contributed by atoms with Crippen molar-refractivity contribution >= 4 is 17.5 Å². The fourth-order valence-electron chi connectivity index (χ4n) is 4.29. The maximum Gasteiger partial charge on any atom is 0.255 e. The Kier molecular flexibility index (Phi) is 6.96. The Bertz CT molecular complexity index is 1370. The molecule has 0 radical (unpaired) electrons. The molecule has 36 heavy (non-hydrogen) atoms. The van der Waals surface area contributed by atoms with Crippen molar-refractivity contribution in [1.82, 2.24) is 14.7 Å². The summed E-state index contributed by atoms with van der Waals surface area (Å²) in [4.78, 5) is 15.6. The van der Waals surface area contributed by atoms with Gasteiger partial charge in [0, 0.05) is 19.2 Å². The summed E-state index contributed by atoms with van der Waals surface area (Å²) in [7, 11) is 3.46. The first kappa shape index (κ1) is 23.9. The first-order chi connectivity index (χ1) is 17.5. The van der Waals surface area contributed by atoms with Gasteiger partial charge in [-0.05, 0) is 43.0 Å². The predicted octanol–water partition coefficient (Wildman–Crippen LogP) is 6.59. The van der Waals surface area contributed by atoms with E-state index in [0.717, 1.165) is 29.7 Å². The normalized spacial score (nSPS) is 12.9. The highest BCUT2D eigenvalue weighted by atomic mass is 35.5. The number of aryl methyl sites for hydroxylation is 1. The van der Waals surface area contributed by atoms with Crippen LogP contribution >= 0.6 is 11.6 Å². The molecule has 1 amide bonds. The van der Waals surface area contributed by atoms with Crippen molar-refractivity contribution in [2.75, 3.05) is 13.7 Å². The molecule has 5 rings (SSSR count). The van der Waals surface area contributed by atoms with Crippen LogP contribution in [0.15, 0.2) is 78.9 Å². The van der Waals surface area contributed by atoms with Crippen molar-refractivity contribution in [2.24, 2.45) is 13.0 Å². The summed E-state index contributed by atoms with van der Waals surface area (Å²) < 4.78 is 13.6. The van der Waals surface area contributed by atoms with Crippen LogP contribution in [-0.2, 0) is 13.6 Å². The van der Waals surface area contributed by atoms with Gasteiger partial charge in [0.2, 0.25) is 5.88 Å². The lowest BCUT2D eigenvalue weighted by atomic mass is 10.1. The Labute approximate surface area is 216 Å². The van der Waals surface area contributed by atoms with Crippen LogP contribution in [0.2, 0.25) is 5.02 Å². The van der Waals surface area contributed by atoms with Gasteiger partial charge >= 0.3 is 0 Å². The third-order valence-corrected chi connectivity index (χ3v) is 6.66. The fourth-order valence-corrected chi connectivity index (χ4v) is 4.50. The van der Waals surface area contributed by atoms with Gasteiger partial charge in [0.1, 0.15) is 5.69 Å². The maximum atomic E-state index is 13.7. The number of carbonyl (C=O) groups excluding carboxylic acids is 1. The average molecular weight is 502 g/mol. The lowest BCUT2D eigenvalue weighted by Gasteiger charge is -2.24. The zero-order valence-corrected chi connectivity index (χ0v) is 21.1. The minimum Gasteiger partial charge on any atom is -0.493 e. The Morgan fingerprint density at radius 2 is 1.67 bits per heavy atom. The molecule has 1 aliphatic rings. The van der Waals surface area contributed by atoms with Crippen LogP contribution < -0.4 is 9.47 Å². The molecule has 0 unspecified atom stereocenters. The van der Waals surface area contributed by atoms with Crippen molar-refractivity contribution in [3.05, 3.63) is 95.0 Å². The van der Waals surface area contributed by atoms with Crippen molar-refractivity contribution in [3.8, 4) is 28.6 Å². The summed E-state index contributed by atoms with van der Waals surface area (Å²) in [5, 5.41) is 5.26. The summed E-state index contributed by atoms with van der Waals surface area (Å²) in [6.45, 7) is 0.990. The molecule has 4 aromatic rings. The molecule has 0 saturated heterocycles. The van der Waals surface area contributed by atoms with Gasteiger partial charge in [0.15, 0.2) is 11.5 Å². The van der Waals surface area contributed by atoms with Crippen LogP contribution in [-0.4, -0.2) is 34.2 Å². The summed E-state index contributed by atoms with van der Waals surface area (Å²) in [6.07, 6.45) is 2.24. The number of nitrogens with zero attached hydrogens (tertiary/aromatic N) is 3. The van der Waals surface area contributed by atoms with Gasteiger partial charge in [-0.2, -0.15) is 5.10 Å². The van der Waals surface area contributed by atoms with Crippen LogP contribution in [0.1, 0.15) is 28.8 Å². The predicted molar refractivity (Wildman–Crippen MR) is 141 cm³/mol. The molecule has 1 heterocycles. The minimum atomic E-state index is -0.0985. The number of para-hydroxylation sites is 2. The number of hydrogen-bond donors (Lipinski definition) is 0. The van der Waals surface area contributed by atoms with Gasteiger partial charge in [-0.15, -0.1) is 0 Å². The first-order valence-corrected chi connectivity index (χ1v) is 12.4. The summed E-state index contributed by atoms with van der Waals surface area (Å²) in [5.74, 6) is 2.15. The molecule has 0 atom stereocenters. The van der Waals surface area contributed by atoms with E-state index in [-0.39, 0.29) is 5.91 Å². The standard InChI is InChI=1S/C29H28ClN3O3/c1-32-29(36-26-15-9-8-14-25(26)35-2)23(27(31-32)21-10-4-3-5-11-21)19-33(18-20-16-17-20)28(34)22-12-6-7-13-24(22)30/h3-15,20H,16-19H2,1-2H3. The highest BCUT2D eigenvalue weighted by molar-refractivity contribution is 6.33. The second-order valence-electron chi connectivity index (χ2n) is 8.98. The van der Waals surface area contributed by atoms with Gasteiger partial charge in [0.05, 0.1) is 29.8 Å². The number of halogens is 1. The zero-order chi connectivity index (χ0) is 25.1. The molecule has 0 spiro atoms. The van der Waals surface area contributed by atoms with Gasteiger partial charge in [-0.25, -0.2) is 4.68 Å². The molecule has 7 heteroatoms. The van der Waals surface area contributed by atoms with Crippen LogP contribution in [0.4, 0.5) is 0 Å². The number of ether oxygens (including phenoxy) is 2. The molecule has 3 aromatic carbocycles. The Morgan fingerprint density at radius 1 is 1.00 bits per heavy atom. The lowest BCUT2D eigenvalue weighted by Crippen LogP contribution is -2.33. The molecule has 0 aliphatic heterocycles. The van der Waals surface area contributed by atoms with E-state index in [1.165, 1.54) is 0 Å². The number of methoxy groups -OCH3 is 1. The van der Waals surface area contributed by atoms with E-state index in [0.29, 0.717) is 47.0 Å². The Morgan fingerprint density at radius 3 is 2.36 bits per heavy atom. The second kappa shape index (κ2) is 10.5. The number of rotatable bonds is 9. The van der Waals surface area contributed by atoms with E-state index in [1.54, 1.807) is 23.9 Å². The average Bonchev–Trinajstić information content (AvgIpc) is 3.68. The third-order valence-electron chi connectivity index (χ3n) is 6.33. The van der Waals surface area contributed by atoms with Gasteiger partial charge in [-0.3, -0.25) is 4.79 Å². The van der Waals surface area contributed by atoms with E-state index in [2.05, 4.69) is 0 Å². The van der Waals surface area contributed by atoms with Crippen LogP contribution in [0, 0.1) is 5.92 Å². The summed E-state index contributed by atoms with van der Waals surface area (Å²) >= 11 is 6.42. The SMILES string of the molecule is COc1ccccc1Oc1c(CN(CC2CC2)C(=O)c2ccccc2Cl)c(-c2ccccc2)nn1C. The monoisotopic (exact) mass is 501 g/mol. The second-order valence-corrected chi connectivity index (χ2v) is 9.39. The van der Waals surface area contributed by atoms with E-state index in [4.69, 9.17) is 26.2 Å². The largest absolute Gasteiger partial charge is 0.493 e. The number of aromatic nitrogens is 2. The molecule has 0 N–H and O–H groups in total. The van der Waals surface area contributed by atoms with Gasteiger partial charge in [-0.1, -0.05) is 66.2 Å². The van der Waals surface area contributed by atoms with E-state index in [9.17, 15) is 4.79 Å². The van der Waals surface area contributed by atoms with Gasteiger partial charge < -0.3 is 14.4 Å². The quantitative estimate of drug-likeness (QED) is 0.259. The van der Waals surface area contributed by atoms with Crippen molar-refractivity contribution in [2.45, 2.75) is 19.4 Å². The number of benzene rings is 3. The molecule has 1 saturated carbocycles. The number of amides is 1. The van der Waals surface area contributed by atoms with Crippen LogP contribution in [0.25, 0.3) is 11.3 Å². The van der Waals surface area contributed by atoms with Crippen molar-refractivity contribution < 1.29 is 14.3 Å². The third kappa shape index (κ3) is 5.09. The van der Waals surface area contributed by atoms with E-state index >= 15 is 0 Å². The number of hydrogen-bond acceptors (Lipinski definition) is 4. The molecular weight excluding hydrogens is 474 g/mol. The maximum absolute atomic E-state index is 13.7. The van der Waals surface area contributed by atoms with Crippen molar-refractivity contribution in [3.63, 3.8) is 0 Å². The van der Waals surface area contributed by atoms with E-state index in [1.807, 2.05) is 78.7 Å².